The first-order chi connectivity index (χ1) is 33.6. The van der Waals surface area contributed by atoms with Gasteiger partial charge in [-0.05, 0) is 70.6 Å². The van der Waals surface area contributed by atoms with Crippen molar-refractivity contribution in [1.82, 2.24) is 0 Å². The Kier molecular flexibility index (Phi) is 41.9. The van der Waals surface area contributed by atoms with Crippen LogP contribution in [0.3, 0.4) is 0 Å². The van der Waals surface area contributed by atoms with Gasteiger partial charge in [-0.25, -0.2) is 4.79 Å². The number of esters is 3. The lowest BCUT2D eigenvalue weighted by atomic mass is 9.98. The van der Waals surface area contributed by atoms with Crippen LogP contribution in [-0.2, 0) is 42.9 Å². The van der Waals surface area contributed by atoms with E-state index in [-0.39, 0.29) is 25.9 Å². The summed E-state index contributed by atoms with van der Waals surface area (Å²) in [6, 6.07) is 0. The second kappa shape index (κ2) is 45.6. The van der Waals surface area contributed by atoms with E-state index >= 15 is 0 Å². The van der Waals surface area contributed by atoms with Crippen molar-refractivity contribution in [2.45, 2.75) is 263 Å². The molecule has 12 heteroatoms. The summed E-state index contributed by atoms with van der Waals surface area (Å²) in [5, 5.41) is 31.3. The lowest BCUT2D eigenvalue weighted by molar-refractivity contribution is -0.301. The van der Waals surface area contributed by atoms with E-state index in [1.807, 2.05) is 18.2 Å². The molecule has 0 aromatic rings. The molecular weight excluding hydrogens is 877 g/mol. The number of carbonyl (C=O) groups excluding carboxylic acids is 3. The van der Waals surface area contributed by atoms with Gasteiger partial charge in [-0.15, -0.1) is 0 Å². The fraction of sp³-hybridized carbons (Fsp3) is 0.754. The molecule has 69 heavy (non-hydrogen) atoms. The molecule has 6 atom stereocenters. The minimum atomic E-state index is -1.92. The van der Waals surface area contributed by atoms with Crippen molar-refractivity contribution in [3.05, 3.63) is 60.8 Å². The summed E-state index contributed by atoms with van der Waals surface area (Å²) < 4.78 is 28.2. The van der Waals surface area contributed by atoms with Gasteiger partial charge in [0.15, 0.2) is 24.6 Å². The Hall–Kier alpha value is -3.58. The molecule has 0 bridgehead atoms. The van der Waals surface area contributed by atoms with E-state index in [9.17, 15) is 34.5 Å². The summed E-state index contributed by atoms with van der Waals surface area (Å²) in [6.45, 7) is 5.80. The molecule has 1 rings (SSSR count). The van der Waals surface area contributed by atoms with Gasteiger partial charge in [-0.2, -0.15) is 0 Å². The van der Waals surface area contributed by atoms with Crippen molar-refractivity contribution in [1.29, 1.82) is 0 Å². The topological polar surface area (TPSA) is 175 Å². The Balaban J connectivity index is 2.75. The summed E-state index contributed by atoms with van der Waals surface area (Å²) >= 11 is 0. The number of carboxylic acids is 1. The number of aliphatic hydroxyl groups is 2. The standard InChI is InChI=1S/C57H96O12/c1-4-7-10-13-16-19-22-24-25-27-29-31-34-37-40-43-49(58)65-46-48(67-50(59)44-41-38-35-32-28-21-18-15-12-9-6-3)47-66-57-55(53(62)52(61)54(69-57)56(63)64)68-51(60)45-42-39-36-33-30-26-23-20-17-14-11-8-5-2/h8,11,17,20,24-26,30,36,39,48,52-55,57,61-62H,4-7,9-10,12-16,18-19,21-23,27-29,31-35,37-38,40-47H2,1-3H3,(H,63,64)/b11-8-,20-17-,25-24-,30-26-,39-36-. The molecule has 0 amide bonds. The first kappa shape index (κ1) is 63.4. The number of carboxylic acid groups (broad SMARTS) is 1. The summed E-state index contributed by atoms with van der Waals surface area (Å²) in [5.74, 6) is -3.23. The van der Waals surface area contributed by atoms with E-state index in [1.54, 1.807) is 0 Å². The molecule has 1 aliphatic rings. The lowest BCUT2D eigenvalue weighted by Crippen LogP contribution is -2.61. The molecule has 1 aliphatic heterocycles. The van der Waals surface area contributed by atoms with Crippen LogP contribution < -0.4 is 0 Å². The SMILES string of the molecule is CC/C=C\C/C=C\C/C=C\C/C=C\CCC(=O)OC1C(OCC(COC(=O)CCCCCCC/C=C\CCCCCCCC)OC(=O)CCCCCCCCCCCCC)OC(C(=O)O)C(O)C1O. The number of aliphatic hydroxyl groups excluding tert-OH is 2. The van der Waals surface area contributed by atoms with Crippen LogP contribution in [0.4, 0.5) is 0 Å². The molecule has 3 N–H and O–H groups in total. The second-order valence-corrected chi connectivity index (χ2v) is 18.5. The normalized spacial score (nSPS) is 19.1. The predicted octanol–water partition coefficient (Wildman–Crippen LogP) is 13.2. The number of allylic oxidation sites excluding steroid dienone is 10. The van der Waals surface area contributed by atoms with Gasteiger partial charge in [0.1, 0.15) is 18.8 Å². The third-order valence-corrected chi connectivity index (χ3v) is 12.1. The number of aliphatic carboxylic acids is 1. The van der Waals surface area contributed by atoms with Gasteiger partial charge in [0.2, 0.25) is 0 Å². The van der Waals surface area contributed by atoms with Crippen LogP contribution >= 0.6 is 0 Å². The number of rotatable bonds is 45. The van der Waals surface area contributed by atoms with E-state index in [4.69, 9.17) is 23.7 Å². The quantitative estimate of drug-likeness (QED) is 0.0228. The Morgan fingerprint density at radius 2 is 0.942 bits per heavy atom. The summed E-state index contributed by atoms with van der Waals surface area (Å²) in [5.41, 5.74) is 0. The van der Waals surface area contributed by atoms with E-state index in [0.717, 1.165) is 77.0 Å². The predicted molar refractivity (Wildman–Crippen MR) is 275 cm³/mol. The van der Waals surface area contributed by atoms with Gasteiger partial charge in [0.05, 0.1) is 6.61 Å². The highest BCUT2D eigenvalue weighted by molar-refractivity contribution is 5.74. The van der Waals surface area contributed by atoms with Crippen LogP contribution in [0.2, 0.25) is 0 Å². The number of carbonyl (C=O) groups is 4. The molecule has 0 aromatic heterocycles. The molecule has 0 aromatic carbocycles. The van der Waals surface area contributed by atoms with Crippen molar-refractivity contribution >= 4 is 23.9 Å². The maximum Gasteiger partial charge on any atom is 0.335 e. The molecule has 0 saturated carbocycles. The Morgan fingerprint density at radius 1 is 0.493 bits per heavy atom. The highest BCUT2D eigenvalue weighted by Crippen LogP contribution is 2.26. The molecule has 0 spiro atoms. The largest absolute Gasteiger partial charge is 0.479 e. The van der Waals surface area contributed by atoms with Crippen LogP contribution in [0.25, 0.3) is 0 Å². The Bertz CT molecular complexity index is 1440. The number of ether oxygens (including phenoxy) is 5. The molecule has 0 aliphatic carbocycles. The van der Waals surface area contributed by atoms with E-state index in [0.29, 0.717) is 25.7 Å². The van der Waals surface area contributed by atoms with Gasteiger partial charge >= 0.3 is 23.9 Å². The van der Waals surface area contributed by atoms with Crippen molar-refractivity contribution in [3.63, 3.8) is 0 Å². The zero-order chi connectivity index (χ0) is 50.4. The molecule has 1 fully saturated rings. The lowest BCUT2D eigenvalue weighted by Gasteiger charge is -2.40. The maximum absolute atomic E-state index is 13.1. The van der Waals surface area contributed by atoms with Crippen molar-refractivity contribution in [2.24, 2.45) is 0 Å². The van der Waals surface area contributed by atoms with Crippen molar-refractivity contribution in [3.8, 4) is 0 Å². The molecule has 6 unspecified atom stereocenters. The highest BCUT2D eigenvalue weighted by Gasteiger charge is 2.50. The van der Waals surface area contributed by atoms with Crippen LogP contribution in [0, 0.1) is 0 Å². The second-order valence-electron chi connectivity index (χ2n) is 18.5. The van der Waals surface area contributed by atoms with Crippen LogP contribution in [0.5, 0.6) is 0 Å². The average molecular weight is 973 g/mol. The molecule has 0 radical (unpaired) electrons. The van der Waals surface area contributed by atoms with Gasteiger partial charge < -0.3 is 39.0 Å². The van der Waals surface area contributed by atoms with Crippen LogP contribution in [0.1, 0.15) is 226 Å². The monoisotopic (exact) mass is 973 g/mol. The summed E-state index contributed by atoms with van der Waals surface area (Å²) in [4.78, 5) is 50.8. The fourth-order valence-electron chi connectivity index (χ4n) is 7.90. The summed E-state index contributed by atoms with van der Waals surface area (Å²) in [7, 11) is 0. The Morgan fingerprint density at radius 3 is 1.45 bits per heavy atom. The van der Waals surface area contributed by atoms with Gasteiger partial charge in [-0.3, -0.25) is 14.4 Å². The van der Waals surface area contributed by atoms with Gasteiger partial charge in [-0.1, -0.05) is 197 Å². The average Bonchev–Trinajstić information content (AvgIpc) is 3.33. The third-order valence-electron chi connectivity index (χ3n) is 12.1. The Labute approximate surface area is 417 Å². The van der Waals surface area contributed by atoms with E-state index in [2.05, 4.69) is 63.3 Å². The zero-order valence-corrected chi connectivity index (χ0v) is 43.3. The van der Waals surface area contributed by atoms with Gasteiger partial charge in [0, 0.05) is 19.3 Å². The first-order valence-electron chi connectivity index (χ1n) is 27.3. The first-order valence-corrected chi connectivity index (χ1v) is 27.3. The van der Waals surface area contributed by atoms with Crippen LogP contribution in [0.15, 0.2) is 60.8 Å². The number of unbranched alkanes of at least 4 members (excludes halogenated alkanes) is 21. The molecule has 1 heterocycles. The molecule has 12 nitrogen and oxygen atoms in total. The third kappa shape index (κ3) is 36.1. The summed E-state index contributed by atoms with van der Waals surface area (Å²) in [6.07, 6.45) is 42.2. The van der Waals surface area contributed by atoms with Gasteiger partial charge in [0.25, 0.3) is 0 Å². The highest BCUT2D eigenvalue weighted by atomic mass is 16.7. The van der Waals surface area contributed by atoms with Crippen molar-refractivity contribution < 1.29 is 58.2 Å². The molecule has 396 valence electrons. The number of hydrogen-bond donors (Lipinski definition) is 3. The smallest absolute Gasteiger partial charge is 0.335 e. The fourth-order valence-corrected chi connectivity index (χ4v) is 7.90. The maximum atomic E-state index is 13.1. The molecule has 1 saturated heterocycles. The minimum Gasteiger partial charge on any atom is -0.479 e. The minimum absolute atomic E-state index is 0.0610. The molecular formula is C57H96O12. The van der Waals surface area contributed by atoms with E-state index in [1.165, 1.54) is 83.5 Å². The zero-order valence-electron chi connectivity index (χ0n) is 43.3. The van der Waals surface area contributed by atoms with E-state index < -0.39 is 67.3 Å². The number of hydrogen-bond acceptors (Lipinski definition) is 11. The van der Waals surface area contributed by atoms with Crippen LogP contribution in [-0.4, -0.2) is 89.2 Å². The van der Waals surface area contributed by atoms with Crippen molar-refractivity contribution in [2.75, 3.05) is 13.2 Å².